The first-order chi connectivity index (χ1) is 12.6. The average Bonchev–Trinajstić information content (AvgIpc) is 2.48. The Morgan fingerprint density at radius 2 is 1.43 bits per heavy atom. The highest BCUT2D eigenvalue weighted by atomic mass is 16.6. The molecule has 0 rings (SSSR count). The molecule has 162 valence electrons. The summed E-state index contributed by atoms with van der Waals surface area (Å²) in [4.78, 5) is 34.5. The minimum Gasteiger partial charge on any atom is -0.466 e. The standard InChI is InChI=1S/C21H37NO6/c1-15(12-20(4,5)28-18(25)13-22)11-19(2,3)14-21(6,7)27-17(24)10-9-16(23)26-8/h9-10,15H,11-14,22H2,1-8H3/b10-9+. The molecule has 0 aliphatic heterocycles. The predicted molar refractivity (Wildman–Crippen MR) is 107 cm³/mol. The van der Waals surface area contributed by atoms with Crippen molar-refractivity contribution in [3.05, 3.63) is 12.2 Å². The lowest BCUT2D eigenvalue weighted by molar-refractivity contribution is -0.156. The van der Waals surface area contributed by atoms with Gasteiger partial charge in [0.25, 0.3) is 0 Å². The fourth-order valence-electron chi connectivity index (χ4n) is 4.02. The normalized spacial score (nSPS) is 13.9. The van der Waals surface area contributed by atoms with Gasteiger partial charge in [-0.1, -0.05) is 20.8 Å². The van der Waals surface area contributed by atoms with Crippen LogP contribution in [0.1, 0.15) is 67.7 Å². The minimum absolute atomic E-state index is 0.122. The Labute approximate surface area is 169 Å². The summed E-state index contributed by atoms with van der Waals surface area (Å²) in [5.74, 6) is -1.33. The summed E-state index contributed by atoms with van der Waals surface area (Å²) in [6.45, 7) is 13.6. The van der Waals surface area contributed by atoms with Gasteiger partial charge in [-0.05, 0) is 58.3 Å². The van der Waals surface area contributed by atoms with E-state index >= 15 is 0 Å². The molecule has 0 aromatic carbocycles. The molecular formula is C21H37NO6. The molecule has 0 amide bonds. The molecule has 0 bridgehead atoms. The molecule has 28 heavy (non-hydrogen) atoms. The molecule has 0 radical (unpaired) electrons. The molecule has 7 heteroatoms. The second-order valence-electron chi connectivity index (χ2n) is 9.33. The molecule has 0 aromatic rings. The van der Waals surface area contributed by atoms with E-state index in [0.29, 0.717) is 12.8 Å². The number of carbonyl (C=O) groups is 3. The van der Waals surface area contributed by atoms with Gasteiger partial charge in [0, 0.05) is 12.2 Å². The molecular weight excluding hydrogens is 362 g/mol. The van der Waals surface area contributed by atoms with Crippen LogP contribution in [-0.4, -0.2) is 42.8 Å². The highest BCUT2D eigenvalue weighted by molar-refractivity contribution is 5.91. The molecule has 1 atom stereocenters. The number of esters is 3. The van der Waals surface area contributed by atoms with Crippen molar-refractivity contribution in [2.24, 2.45) is 17.1 Å². The van der Waals surface area contributed by atoms with Crippen molar-refractivity contribution >= 4 is 17.9 Å². The van der Waals surface area contributed by atoms with Gasteiger partial charge in [0.1, 0.15) is 11.2 Å². The number of ether oxygens (including phenoxy) is 3. The molecule has 2 N–H and O–H groups in total. The van der Waals surface area contributed by atoms with Crippen molar-refractivity contribution < 1.29 is 28.6 Å². The van der Waals surface area contributed by atoms with Crippen LogP contribution in [0.2, 0.25) is 0 Å². The third-order valence-electron chi connectivity index (χ3n) is 4.14. The summed E-state index contributed by atoms with van der Waals surface area (Å²) in [6.07, 6.45) is 4.29. The van der Waals surface area contributed by atoms with E-state index in [1.54, 1.807) is 0 Å². The Kier molecular flexibility index (Phi) is 9.88. The maximum atomic E-state index is 11.9. The zero-order valence-electron chi connectivity index (χ0n) is 18.6. The monoisotopic (exact) mass is 399 g/mol. The van der Waals surface area contributed by atoms with E-state index in [-0.39, 0.29) is 17.9 Å². The van der Waals surface area contributed by atoms with Gasteiger partial charge in [-0.25, -0.2) is 9.59 Å². The van der Waals surface area contributed by atoms with Crippen LogP contribution in [0, 0.1) is 11.3 Å². The van der Waals surface area contributed by atoms with E-state index in [1.165, 1.54) is 7.11 Å². The van der Waals surface area contributed by atoms with Crippen LogP contribution in [-0.2, 0) is 28.6 Å². The quantitative estimate of drug-likeness (QED) is 0.323. The van der Waals surface area contributed by atoms with Crippen molar-refractivity contribution in [1.82, 2.24) is 0 Å². The lowest BCUT2D eigenvalue weighted by atomic mass is 9.74. The molecule has 0 fully saturated rings. The average molecular weight is 400 g/mol. The van der Waals surface area contributed by atoms with E-state index in [1.807, 2.05) is 27.7 Å². The van der Waals surface area contributed by atoms with Crippen molar-refractivity contribution in [1.29, 1.82) is 0 Å². The molecule has 0 spiro atoms. The Morgan fingerprint density at radius 1 is 0.893 bits per heavy atom. The van der Waals surface area contributed by atoms with Gasteiger partial charge in [-0.2, -0.15) is 0 Å². The van der Waals surface area contributed by atoms with E-state index < -0.39 is 29.1 Å². The number of methoxy groups -OCH3 is 1. The maximum Gasteiger partial charge on any atom is 0.331 e. The van der Waals surface area contributed by atoms with Crippen LogP contribution in [0.5, 0.6) is 0 Å². The lowest BCUT2D eigenvalue weighted by Crippen LogP contribution is -2.36. The van der Waals surface area contributed by atoms with Gasteiger partial charge in [-0.3, -0.25) is 4.79 Å². The van der Waals surface area contributed by atoms with E-state index in [2.05, 4.69) is 25.5 Å². The smallest absolute Gasteiger partial charge is 0.331 e. The van der Waals surface area contributed by atoms with E-state index in [9.17, 15) is 14.4 Å². The summed E-state index contributed by atoms with van der Waals surface area (Å²) >= 11 is 0. The summed E-state index contributed by atoms with van der Waals surface area (Å²) < 4.78 is 15.4. The Balaban J connectivity index is 4.79. The lowest BCUT2D eigenvalue weighted by Gasteiger charge is -2.37. The second-order valence-corrected chi connectivity index (χ2v) is 9.33. The number of hydrogen-bond donors (Lipinski definition) is 1. The molecule has 0 saturated carbocycles. The second kappa shape index (κ2) is 10.6. The third-order valence-corrected chi connectivity index (χ3v) is 4.14. The van der Waals surface area contributed by atoms with Crippen LogP contribution in [0.15, 0.2) is 12.2 Å². The first kappa shape index (κ1) is 26.1. The molecule has 0 aromatic heterocycles. The summed E-state index contributed by atoms with van der Waals surface area (Å²) in [7, 11) is 1.24. The fraction of sp³-hybridized carbons (Fsp3) is 0.762. The van der Waals surface area contributed by atoms with Crippen LogP contribution in [0.25, 0.3) is 0 Å². The summed E-state index contributed by atoms with van der Waals surface area (Å²) in [5, 5.41) is 0. The molecule has 0 aliphatic rings. The first-order valence-corrected chi connectivity index (χ1v) is 9.52. The SMILES string of the molecule is COC(=O)/C=C/C(=O)OC(C)(C)CC(C)(C)CC(C)CC(C)(C)OC(=O)CN. The molecule has 1 unspecified atom stereocenters. The van der Waals surface area contributed by atoms with Crippen molar-refractivity contribution in [3.8, 4) is 0 Å². The Morgan fingerprint density at radius 3 is 1.93 bits per heavy atom. The zero-order chi connectivity index (χ0) is 22.2. The highest BCUT2D eigenvalue weighted by Crippen LogP contribution is 2.38. The van der Waals surface area contributed by atoms with E-state index in [4.69, 9.17) is 15.2 Å². The number of carbonyl (C=O) groups excluding carboxylic acids is 3. The largest absolute Gasteiger partial charge is 0.466 e. The van der Waals surface area contributed by atoms with Gasteiger partial charge >= 0.3 is 17.9 Å². The van der Waals surface area contributed by atoms with E-state index in [0.717, 1.165) is 18.6 Å². The molecule has 0 heterocycles. The zero-order valence-corrected chi connectivity index (χ0v) is 18.6. The predicted octanol–water partition coefficient (Wildman–Crippen LogP) is 3.15. The van der Waals surface area contributed by atoms with Crippen molar-refractivity contribution in [2.45, 2.75) is 78.9 Å². The Hall–Kier alpha value is -1.89. The Bertz CT molecular complexity index is 577. The van der Waals surface area contributed by atoms with Crippen LogP contribution < -0.4 is 5.73 Å². The topological polar surface area (TPSA) is 105 Å². The van der Waals surface area contributed by atoms with Crippen LogP contribution >= 0.6 is 0 Å². The van der Waals surface area contributed by atoms with Gasteiger partial charge < -0.3 is 19.9 Å². The number of nitrogens with two attached hydrogens (primary N) is 1. The fourth-order valence-corrected chi connectivity index (χ4v) is 4.02. The maximum absolute atomic E-state index is 11.9. The molecule has 7 nitrogen and oxygen atoms in total. The third kappa shape index (κ3) is 11.7. The molecule has 0 saturated heterocycles. The summed E-state index contributed by atoms with van der Waals surface area (Å²) in [5.41, 5.74) is 3.90. The van der Waals surface area contributed by atoms with Crippen LogP contribution in [0.3, 0.4) is 0 Å². The van der Waals surface area contributed by atoms with Gasteiger partial charge in [0.15, 0.2) is 0 Å². The number of rotatable bonds is 11. The van der Waals surface area contributed by atoms with Gasteiger partial charge in [0.2, 0.25) is 0 Å². The minimum atomic E-state index is -0.706. The van der Waals surface area contributed by atoms with Crippen molar-refractivity contribution in [2.75, 3.05) is 13.7 Å². The highest BCUT2D eigenvalue weighted by Gasteiger charge is 2.34. The van der Waals surface area contributed by atoms with Gasteiger partial charge in [-0.15, -0.1) is 0 Å². The van der Waals surface area contributed by atoms with Crippen LogP contribution in [0.4, 0.5) is 0 Å². The number of hydrogen-bond acceptors (Lipinski definition) is 7. The van der Waals surface area contributed by atoms with Crippen molar-refractivity contribution in [3.63, 3.8) is 0 Å². The molecule has 0 aliphatic carbocycles. The van der Waals surface area contributed by atoms with Gasteiger partial charge in [0.05, 0.1) is 13.7 Å². The first-order valence-electron chi connectivity index (χ1n) is 9.52. The summed E-state index contributed by atoms with van der Waals surface area (Å²) in [6, 6.07) is 0.